The number of ether oxygens (including phenoxy) is 1. The van der Waals surface area contributed by atoms with Crippen LogP contribution in [0.15, 0.2) is 29.2 Å². The van der Waals surface area contributed by atoms with E-state index in [9.17, 15) is 17.6 Å². The third-order valence-electron chi connectivity index (χ3n) is 3.65. The summed E-state index contributed by atoms with van der Waals surface area (Å²) < 4.78 is 44.3. The normalized spacial score (nSPS) is 22.4. The molecule has 23 heavy (non-hydrogen) atoms. The molecule has 1 aliphatic rings. The number of nitrogens with zero attached hydrogens (tertiary/aromatic N) is 2. The Morgan fingerprint density at radius 1 is 1.26 bits per heavy atom. The first kappa shape index (κ1) is 17.8. The SMILES string of the molecule is C[C@H]1CN(C(=O)CN(C)S(=O)(=O)c2ccc(F)cc2)C[C@H](C)O1. The molecule has 1 aromatic carbocycles. The van der Waals surface area contributed by atoms with Crippen molar-refractivity contribution in [2.45, 2.75) is 31.0 Å². The van der Waals surface area contributed by atoms with Crippen molar-refractivity contribution in [3.8, 4) is 0 Å². The van der Waals surface area contributed by atoms with Gasteiger partial charge in [0.25, 0.3) is 0 Å². The molecule has 0 unspecified atom stereocenters. The van der Waals surface area contributed by atoms with E-state index in [1.54, 1.807) is 4.90 Å². The van der Waals surface area contributed by atoms with Gasteiger partial charge in [0, 0.05) is 20.1 Å². The van der Waals surface area contributed by atoms with Gasteiger partial charge in [-0.3, -0.25) is 4.79 Å². The highest BCUT2D eigenvalue weighted by molar-refractivity contribution is 7.89. The molecule has 1 amide bonds. The van der Waals surface area contributed by atoms with Gasteiger partial charge in [0.15, 0.2) is 0 Å². The second kappa shape index (κ2) is 6.94. The van der Waals surface area contributed by atoms with Gasteiger partial charge in [0.2, 0.25) is 15.9 Å². The van der Waals surface area contributed by atoms with Gasteiger partial charge in [0.1, 0.15) is 5.82 Å². The van der Waals surface area contributed by atoms with E-state index in [-0.39, 0.29) is 29.6 Å². The van der Waals surface area contributed by atoms with Crippen LogP contribution in [0.25, 0.3) is 0 Å². The van der Waals surface area contributed by atoms with Gasteiger partial charge in [-0.2, -0.15) is 4.31 Å². The zero-order valence-electron chi connectivity index (χ0n) is 13.4. The van der Waals surface area contributed by atoms with E-state index in [0.717, 1.165) is 16.4 Å². The first-order valence-corrected chi connectivity index (χ1v) is 8.79. The minimum absolute atomic E-state index is 0.0436. The van der Waals surface area contributed by atoms with Crippen LogP contribution in [0.1, 0.15) is 13.8 Å². The molecule has 8 heteroatoms. The molecule has 2 rings (SSSR count). The Balaban J connectivity index is 2.06. The fraction of sp³-hybridized carbons (Fsp3) is 0.533. The third kappa shape index (κ3) is 4.27. The molecule has 0 radical (unpaired) electrons. The topological polar surface area (TPSA) is 66.9 Å². The predicted molar refractivity (Wildman–Crippen MR) is 82.8 cm³/mol. The van der Waals surface area contributed by atoms with Crippen LogP contribution in [0.2, 0.25) is 0 Å². The summed E-state index contributed by atoms with van der Waals surface area (Å²) in [6, 6.07) is 4.52. The number of rotatable bonds is 4. The molecule has 0 N–H and O–H groups in total. The molecule has 1 aliphatic heterocycles. The highest BCUT2D eigenvalue weighted by Crippen LogP contribution is 2.16. The zero-order chi connectivity index (χ0) is 17.2. The number of amides is 1. The zero-order valence-corrected chi connectivity index (χ0v) is 14.2. The Morgan fingerprint density at radius 2 is 1.78 bits per heavy atom. The van der Waals surface area contributed by atoms with E-state index < -0.39 is 15.8 Å². The molecule has 1 fully saturated rings. The summed E-state index contributed by atoms with van der Waals surface area (Å²) in [7, 11) is -2.49. The summed E-state index contributed by atoms with van der Waals surface area (Å²) in [5.74, 6) is -0.792. The van der Waals surface area contributed by atoms with Crippen LogP contribution in [0.4, 0.5) is 4.39 Å². The quantitative estimate of drug-likeness (QED) is 0.820. The molecule has 2 atom stereocenters. The van der Waals surface area contributed by atoms with Crippen LogP contribution in [-0.4, -0.2) is 62.4 Å². The number of benzene rings is 1. The summed E-state index contributed by atoms with van der Waals surface area (Å²) in [4.78, 5) is 13.9. The van der Waals surface area contributed by atoms with Crippen molar-refractivity contribution in [3.05, 3.63) is 30.1 Å². The molecule has 0 saturated carbocycles. The summed E-state index contributed by atoms with van der Waals surface area (Å²) in [6.45, 7) is 4.35. The van der Waals surface area contributed by atoms with Gasteiger partial charge >= 0.3 is 0 Å². The first-order valence-electron chi connectivity index (χ1n) is 7.35. The lowest BCUT2D eigenvalue weighted by molar-refractivity contribution is -0.143. The maximum absolute atomic E-state index is 12.9. The predicted octanol–water partition coefficient (Wildman–Crippen LogP) is 1.08. The van der Waals surface area contributed by atoms with E-state index in [1.807, 2.05) is 13.8 Å². The molecule has 0 aromatic heterocycles. The largest absolute Gasteiger partial charge is 0.372 e. The second-order valence-corrected chi connectivity index (χ2v) is 7.82. The smallest absolute Gasteiger partial charge is 0.243 e. The van der Waals surface area contributed by atoms with Crippen LogP contribution >= 0.6 is 0 Å². The van der Waals surface area contributed by atoms with Crippen LogP contribution in [-0.2, 0) is 19.6 Å². The summed E-state index contributed by atoms with van der Waals surface area (Å²) in [5, 5.41) is 0. The number of hydrogen-bond acceptors (Lipinski definition) is 4. The van der Waals surface area contributed by atoms with Crippen LogP contribution in [0.3, 0.4) is 0 Å². The van der Waals surface area contributed by atoms with Crippen molar-refractivity contribution < 1.29 is 22.3 Å². The standard InChI is InChI=1S/C15H21FN2O4S/c1-11-8-18(9-12(2)22-11)15(19)10-17(3)23(20,21)14-6-4-13(16)5-7-14/h4-7,11-12H,8-10H2,1-3H3/t11-,12-/m0/s1. The number of likely N-dealkylation sites (N-methyl/N-ethyl adjacent to an activating group) is 1. The monoisotopic (exact) mass is 344 g/mol. The summed E-state index contributed by atoms with van der Waals surface area (Å²) in [6.07, 6.45) is -0.163. The Hall–Kier alpha value is -1.51. The lowest BCUT2D eigenvalue weighted by atomic mass is 10.2. The van der Waals surface area contributed by atoms with Crippen molar-refractivity contribution in [1.82, 2.24) is 9.21 Å². The average molecular weight is 344 g/mol. The molecule has 0 bridgehead atoms. The van der Waals surface area contributed by atoms with Crippen LogP contribution in [0, 0.1) is 5.82 Å². The van der Waals surface area contributed by atoms with Gasteiger partial charge in [-0.15, -0.1) is 0 Å². The van der Waals surface area contributed by atoms with Gasteiger partial charge in [-0.1, -0.05) is 0 Å². The molecule has 1 heterocycles. The van der Waals surface area contributed by atoms with Gasteiger partial charge in [0.05, 0.1) is 23.6 Å². The van der Waals surface area contributed by atoms with Crippen LogP contribution < -0.4 is 0 Å². The lowest BCUT2D eigenvalue weighted by Gasteiger charge is -2.36. The second-order valence-electron chi connectivity index (χ2n) is 5.77. The number of carbonyl (C=O) groups is 1. The summed E-state index contributed by atoms with van der Waals surface area (Å²) in [5.41, 5.74) is 0. The fourth-order valence-electron chi connectivity index (χ4n) is 2.54. The van der Waals surface area contributed by atoms with Crippen molar-refractivity contribution in [2.75, 3.05) is 26.7 Å². The van der Waals surface area contributed by atoms with Gasteiger partial charge in [-0.05, 0) is 38.1 Å². The Kier molecular flexibility index (Phi) is 5.38. The molecular weight excluding hydrogens is 323 g/mol. The maximum atomic E-state index is 12.9. The van der Waals surface area contributed by atoms with E-state index >= 15 is 0 Å². The number of hydrogen-bond donors (Lipinski definition) is 0. The van der Waals surface area contributed by atoms with E-state index in [4.69, 9.17) is 4.74 Å². The molecule has 6 nitrogen and oxygen atoms in total. The van der Waals surface area contributed by atoms with Crippen molar-refractivity contribution >= 4 is 15.9 Å². The van der Waals surface area contributed by atoms with Crippen molar-refractivity contribution in [3.63, 3.8) is 0 Å². The molecule has 0 spiro atoms. The highest BCUT2D eigenvalue weighted by Gasteiger charge is 2.29. The van der Waals surface area contributed by atoms with Crippen LogP contribution in [0.5, 0.6) is 0 Å². The minimum Gasteiger partial charge on any atom is -0.372 e. The van der Waals surface area contributed by atoms with E-state index in [1.165, 1.54) is 19.2 Å². The van der Waals surface area contributed by atoms with E-state index in [0.29, 0.717) is 13.1 Å². The first-order chi connectivity index (χ1) is 10.7. The number of morpholine rings is 1. The average Bonchev–Trinajstić information content (AvgIpc) is 2.46. The minimum atomic E-state index is -3.83. The summed E-state index contributed by atoms with van der Waals surface area (Å²) >= 11 is 0. The highest BCUT2D eigenvalue weighted by atomic mass is 32.2. The van der Waals surface area contributed by atoms with E-state index in [2.05, 4.69) is 0 Å². The molecule has 1 aromatic rings. The third-order valence-corrected chi connectivity index (χ3v) is 5.47. The van der Waals surface area contributed by atoms with Gasteiger partial charge in [-0.25, -0.2) is 12.8 Å². The number of halogens is 1. The molecule has 128 valence electrons. The maximum Gasteiger partial charge on any atom is 0.243 e. The fourth-order valence-corrected chi connectivity index (χ4v) is 3.66. The van der Waals surface area contributed by atoms with Gasteiger partial charge < -0.3 is 9.64 Å². The van der Waals surface area contributed by atoms with Crippen molar-refractivity contribution in [1.29, 1.82) is 0 Å². The van der Waals surface area contributed by atoms with Crippen molar-refractivity contribution in [2.24, 2.45) is 0 Å². The Bertz CT molecular complexity index is 653. The number of sulfonamides is 1. The molecule has 0 aliphatic carbocycles. The molecular formula is C15H21FN2O4S. The number of carbonyl (C=O) groups excluding carboxylic acids is 1. The lowest BCUT2D eigenvalue weighted by Crippen LogP contribution is -2.51. The molecule has 1 saturated heterocycles. The Labute approximate surface area is 135 Å². The Morgan fingerprint density at radius 3 is 2.30 bits per heavy atom.